The molecule has 0 radical (unpaired) electrons. The van der Waals surface area contributed by atoms with Gasteiger partial charge in [-0.1, -0.05) is 0 Å². The summed E-state index contributed by atoms with van der Waals surface area (Å²) in [5, 5.41) is 0. The van der Waals surface area contributed by atoms with E-state index in [1.807, 2.05) is 13.8 Å². The first-order valence-electron chi connectivity index (χ1n) is 5.19. The number of hydrogen-bond donors (Lipinski definition) is 1. The van der Waals surface area contributed by atoms with Gasteiger partial charge in [-0.3, -0.25) is 4.79 Å². The van der Waals surface area contributed by atoms with Gasteiger partial charge in [0.1, 0.15) is 0 Å². The molecule has 0 aromatic rings. The maximum absolute atomic E-state index is 11.1. The summed E-state index contributed by atoms with van der Waals surface area (Å²) in [7, 11) is 1.35. The van der Waals surface area contributed by atoms with Crippen LogP contribution in [-0.4, -0.2) is 39.1 Å². The molecule has 0 aliphatic heterocycles. The molecular weight excluding hydrogens is 198 g/mol. The summed E-state index contributed by atoms with van der Waals surface area (Å²) in [6.45, 7) is 5.14. The molecule has 0 saturated carbocycles. The van der Waals surface area contributed by atoms with Gasteiger partial charge in [0.25, 0.3) is 0 Å². The zero-order chi connectivity index (χ0) is 11.7. The molecular formula is C10H21NO4. The molecule has 0 spiro atoms. The topological polar surface area (TPSA) is 70.8 Å². The van der Waals surface area contributed by atoms with Crippen LogP contribution in [0.25, 0.3) is 0 Å². The highest BCUT2D eigenvalue weighted by Crippen LogP contribution is 2.13. The van der Waals surface area contributed by atoms with Gasteiger partial charge in [0.05, 0.1) is 13.5 Å². The van der Waals surface area contributed by atoms with Gasteiger partial charge in [0.2, 0.25) is 0 Å². The van der Waals surface area contributed by atoms with Crippen LogP contribution in [0.3, 0.4) is 0 Å². The summed E-state index contributed by atoms with van der Waals surface area (Å²) in [5.41, 5.74) is 5.57. The third kappa shape index (κ3) is 5.71. The van der Waals surface area contributed by atoms with E-state index in [2.05, 4.69) is 4.74 Å². The van der Waals surface area contributed by atoms with Crippen molar-refractivity contribution in [1.82, 2.24) is 0 Å². The van der Waals surface area contributed by atoms with Crippen LogP contribution in [0.4, 0.5) is 0 Å². The zero-order valence-electron chi connectivity index (χ0n) is 9.69. The molecule has 2 N–H and O–H groups in total. The lowest BCUT2D eigenvalue weighted by Crippen LogP contribution is -2.34. The molecule has 1 unspecified atom stereocenters. The number of carbonyl (C=O) groups excluding carboxylic acids is 1. The Kier molecular flexibility index (Phi) is 8.27. The molecule has 0 aliphatic carbocycles. The maximum atomic E-state index is 11.1. The Bertz CT molecular complexity index is 169. The molecule has 0 fully saturated rings. The van der Waals surface area contributed by atoms with E-state index in [-0.39, 0.29) is 18.3 Å². The normalized spacial score (nSPS) is 12.9. The average molecular weight is 219 g/mol. The fourth-order valence-corrected chi connectivity index (χ4v) is 1.24. The Labute approximate surface area is 90.9 Å². The molecule has 5 heteroatoms. The van der Waals surface area contributed by atoms with Gasteiger partial charge in [0.15, 0.2) is 6.29 Å². The van der Waals surface area contributed by atoms with E-state index < -0.39 is 6.29 Å². The van der Waals surface area contributed by atoms with Crippen LogP contribution in [-0.2, 0) is 19.0 Å². The first kappa shape index (κ1) is 14.3. The van der Waals surface area contributed by atoms with Gasteiger partial charge in [-0.25, -0.2) is 0 Å². The van der Waals surface area contributed by atoms with Crippen molar-refractivity contribution in [2.24, 2.45) is 11.7 Å². The smallest absolute Gasteiger partial charge is 0.306 e. The zero-order valence-corrected chi connectivity index (χ0v) is 9.69. The third-order valence-electron chi connectivity index (χ3n) is 2.01. The standard InChI is InChI=1S/C10H21NO4/c1-4-14-10(15-5-2)8(7-11)6-9(12)13-3/h8,10H,4-7,11H2,1-3H3. The summed E-state index contributed by atoms with van der Waals surface area (Å²) in [4.78, 5) is 11.1. The predicted octanol–water partition coefficient (Wildman–Crippen LogP) is 0.523. The SMILES string of the molecule is CCOC(OCC)C(CN)CC(=O)OC. The molecule has 0 aromatic carbocycles. The highest BCUT2D eigenvalue weighted by Gasteiger charge is 2.24. The van der Waals surface area contributed by atoms with E-state index in [1.54, 1.807) is 0 Å². The third-order valence-corrected chi connectivity index (χ3v) is 2.01. The summed E-state index contributed by atoms with van der Waals surface area (Å²) in [5.74, 6) is -0.452. The first-order chi connectivity index (χ1) is 7.19. The Morgan fingerprint density at radius 2 is 1.80 bits per heavy atom. The first-order valence-corrected chi connectivity index (χ1v) is 5.19. The number of ether oxygens (including phenoxy) is 3. The van der Waals surface area contributed by atoms with E-state index >= 15 is 0 Å². The van der Waals surface area contributed by atoms with E-state index in [9.17, 15) is 4.79 Å². The van der Waals surface area contributed by atoms with Gasteiger partial charge in [0, 0.05) is 25.7 Å². The van der Waals surface area contributed by atoms with Crippen molar-refractivity contribution in [3.05, 3.63) is 0 Å². The lowest BCUT2D eigenvalue weighted by atomic mass is 10.1. The van der Waals surface area contributed by atoms with Gasteiger partial charge in [-0.05, 0) is 13.8 Å². The predicted molar refractivity (Wildman–Crippen MR) is 56.2 cm³/mol. The molecule has 0 bridgehead atoms. The lowest BCUT2D eigenvalue weighted by Gasteiger charge is -2.24. The lowest BCUT2D eigenvalue weighted by molar-refractivity contribution is -0.173. The Morgan fingerprint density at radius 3 is 2.13 bits per heavy atom. The van der Waals surface area contributed by atoms with E-state index in [4.69, 9.17) is 15.2 Å². The average Bonchev–Trinajstić information content (AvgIpc) is 2.25. The molecule has 90 valence electrons. The number of rotatable bonds is 8. The molecule has 5 nitrogen and oxygen atoms in total. The largest absolute Gasteiger partial charge is 0.469 e. The fourth-order valence-electron chi connectivity index (χ4n) is 1.24. The molecule has 1 atom stereocenters. The number of esters is 1. The van der Waals surface area contributed by atoms with Crippen molar-refractivity contribution >= 4 is 5.97 Å². The minimum Gasteiger partial charge on any atom is -0.469 e. The van der Waals surface area contributed by atoms with Gasteiger partial charge < -0.3 is 19.9 Å². The maximum Gasteiger partial charge on any atom is 0.306 e. The second-order valence-electron chi connectivity index (χ2n) is 3.06. The quantitative estimate of drug-likeness (QED) is 0.476. The van der Waals surface area contributed by atoms with Crippen LogP contribution < -0.4 is 5.73 Å². The van der Waals surface area contributed by atoms with Crippen molar-refractivity contribution in [3.63, 3.8) is 0 Å². The van der Waals surface area contributed by atoms with E-state index in [1.165, 1.54) is 7.11 Å². The van der Waals surface area contributed by atoms with E-state index in [0.717, 1.165) is 0 Å². The number of hydrogen-bond acceptors (Lipinski definition) is 5. The van der Waals surface area contributed by atoms with Crippen LogP contribution in [0.2, 0.25) is 0 Å². The van der Waals surface area contributed by atoms with Crippen LogP contribution in [0.1, 0.15) is 20.3 Å². The van der Waals surface area contributed by atoms with Crippen LogP contribution in [0.5, 0.6) is 0 Å². The fraction of sp³-hybridized carbons (Fsp3) is 0.900. The van der Waals surface area contributed by atoms with Crippen molar-refractivity contribution in [2.45, 2.75) is 26.6 Å². The molecule has 0 saturated heterocycles. The van der Waals surface area contributed by atoms with Crippen LogP contribution in [0, 0.1) is 5.92 Å². The number of nitrogens with two attached hydrogens (primary N) is 1. The minimum atomic E-state index is -0.427. The Hall–Kier alpha value is -0.650. The summed E-state index contributed by atoms with van der Waals surface area (Å²) >= 11 is 0. The van der Waals surface area contributed by atoms with E-state index in [0.29, 0.717) is 19.8 Å². The molecule has 0 rings (SSSR count). The van der Waals surface area contributed by atoms with Crippen molar-refractivity contribution in [1.29, 1.82) is 0 Å². The summed E-state index contributed by atoms with van der Waals surface area (Å²) in [6, 6.07) is 0. The molecule has 0 aliphatic rings. The van der Waals surface area contributed by atoms with Crippen LogP contribution >= 0.6 is 0 Å². The molecule has 15 heavy (non-hydrogen) atoms. The highest BCUT2D eigenvalue weighted by molar-refractivity contribution is 5.69. The highest BCUT2D eigenvalue weighted by atomic mass is 16.7. The van der Waals surface area contributed by atoms with Gasteiger partial charge in [-0.15, -0.1) is 0 Å². The molecule has 0 aromatic heterocycles. The number of carbonyl (C=O) groups is 1. The second kappa shape index (κ2) is 8.64. The minimum absolute atomic E-state index is 0.155. The van der Waals surface area contributed by atoms with Crippen molar-refractivity contribution < 1.29 is 19.0 Å². The van der Waals surface area contributed by atoms with Gasteiger partial charge in [-0.2, -0.15) is 0 Å². The van der Waals surface area contributed by atoms with Gasteiger partial charge >= 0.3 is 5.97 Å². The van der Waals surface area contributed by atoms with Crippen LogP contribution in [0.15, 0.2) is 0 Å². The second-order valence-corrected chi connectivity index (χ2v) is 3.06. The van der Waals surface area contributed by atoms with Crippen molar-refractivity contribution in [3.8, 4) is 0 Å². The van der Waals surface area contributed by atoms with Crippen molar-refractivity contribution in [2.75, 3.05) is 26.9 Å². The Morgan fingerprint density at radius 1 is 1.27 bits per heavy atom. The summed E-state index contributed by atoms with van der Waals surface area (Å²) in [6.07, 6.45) is -0.207. The Balaban J connectivity index is 4.23. The molecule has 0 heterocycles. The summed E-state index contributed by atoms with van der Waals surface area (Å²) < 4.78 is 15.3. The monoisotopic (exact) mass is 219 g/mol. The molecule has 0 amide bonds. The number of methoxy groups -OCH3 is 1.